The number of imidazole rings is 2. The minimum Gasteiger partial charge on any atom is -0.341 e. The summed E-state index contributed by atoms with van der Waals surface area (Å²) in [4.78, 5) is 16.8. The molecule has 2 aliphatic carbocycles. The first-order valence-electron chi connectivity index (χ1n) is 16.0. The number of rotatable bonds is 5. The molecule has 42 heavy (non-hydrogen) atoms. The molecule has 4 fully saturated rings. The molecule has 212 valence electrons. The van der Waals surface area contributed by atoms with Crippen LogP contribution in [-0.4, -0.2) is 32.0 Å². The van der Waals surface area contributed by atoms with Gasteiger partial charge in [0.15, 0.2) is 0 Å². The Bertz CT molecular complexity index is 1720. The van der Waals surface area contributed by atoms with Crippen molar-refractivity contribution in [1.29, 1.82) is 0 Å². The summed E-state index contributed by atoms with van der Waals surface area (Å²) < 4.78 is 0. The molecule has 2 aromatic heterocycles. The van der Waals surface area contributed by atoms with Crippen LogP contribution < -0.4 is 10.6 Å². The zero-order chi connectivity index (χ0) is 27.6. The van der Waals surface area contributed by atoms with E-state index in [1.54, 1.807) is 0 Å². The van der Waals surface area contributed by atoms with Gasteiger partial charge >= 0.3 is 0 Å². The summed E-state index contributed by atoms with van der Waals surface area (Å²) in [5.41, 5.74) is 7.01. The fourth-order valence-corrected chi connectivity index (χ4v) is 8.47. The minimum absolute atomic E-state index is 0.364. The molecule has 9 rings (SSSR count). The van der Waals surface area contributed by atoms with Crippen LogP contribution in [0, 0.1) is 11.8 Å². The van der Waals surface area contributed by atoms with Crippen LogP contribution in [0.25, 0.3) is 44.4 Å². The van der Waals surface area contributed by atoms with Crippen LogP contribution in [0.15, 0.2) is 73.1 Å². The third-order valence-corrected chi connectivity index (χ3v) is 10.8. The van der Waals surface area contributed by atoms with E-state index < -0.39 is 0 Å². The van der Waals surface area contributed by atoms with Gasteiger partial charge in [-0.05, 0) is 90.0 Å². The molecule has 0 bridgehead atoms. The maximum Gasteiger partial charge on any atom is 0.123 e. The van der Waals surface area contributed by atoms with Crippen molar-refractivity contribution in [2.45, 2.75) is 75.5 Å². The van der Waals surface area contributed by atoms with Crippen molar-refractivity contribution in [1.82, 2.24) is 30.6 Å². The smallest absolute Gasteiger partial charge is 0.123 e. The molecule has 0 amide bonds. The maximum absolute atomic E-state index is 4.77. The van der Waals surface area contributed by atoms with Crippen molar-refractivity contribution in [2.75, 3.05) is 0 Å². The molecule has 0 radical (unpaired) electrons. The Kier molecular flexibility index (Phi) is 5.86. The Morgan fingerprint density at radius 1 is 0.524 bits per heavy atom. The van der Waals surface area contributed by atoms with Crippen LogP contribution in [0.3, 0.4) is 0 Å². The van der Waals surface area contributed by atoms with Crippen molar-refractivity contribution < 1.29 is 0 Å². The zero-order valence-electron chi connectivity index (χ0n) is 23.9. The highest BCUT2D eigenvalue weighted by Crippen LogP contribution is 2.41. The largest absolute Gasteiger partial charge is 0.341 e. The first kappa shape index (κ1) is 24.8. The molecule has 2 saturated carbocycles. The van der Waals surface area contributed by atoms with Crippen molar-refractivity contribution in [3.05, 3.63) is 84.7 Å². The number of fused-ring (bicyclic) bond motifs is 3. The van der Waals surface area contributed by atoms with Crippen LogP contribution in [0.5, 0.6) is 0 Å². The number of H-pyrrole nitrogens is 2. The second kappa shape index (κ2) is 9.92. The van der Waals surface area contributed by atoms with Crippen LogP contribution in [0.2, 0.25) is 0 Å². The molecule has 4 N–H and O–H groups in total. The normalized spacial score (nSPS) is 28.5. The van der Waals surface area contributed by atoms with E-state index in [1.165, 1.54) is 84.4 Å². The van der Waals surface area contributed by atoms with E-state index in [1.807, 2.05) is 12.4 Å². The van der Waals surface area contributed by atoms with Gasteiger partial charge in [-0.1, -0.05) is 61.4 Å². The van der Waals surface area contributed by atoms with Gasteiger partial charge < -0.3 is 20.6 Å². The van der Waals surface area contributed by atoms with E-state index in [4.69, 9.17) is 9.97 Å². The van der Waals surface area contributed by atoms with E-state index in [0.717, 1.165) is 34.9 Å². The van der Waals surface area contributed by atoms with E-state index in [-0.39, 0.29) is 0 Å². The van der Waals surface area contributed by atoms with Crippen LogP contribution in [0.4, 0.5) is 0 Å². The second-order valence-corrected chi connectivity index (χ2v) is 13.2. The van der Waals surface area contributed by atoms with Crippen molar-refractivity contribution >= 4 is 10.8 Å². The SMILES string of the molecule is c1cc(-c2cnc([C@@H]3C[C@@H]4CCC[C@@H]4N3)[nH]2)ccc1-c1ccc2cc(-c3cnc([C@@H]4C[C@@H]5CCC[C@@H]5N4)[nH]3)ccc2c1. The molecule has 5 aromatic rings. The Hall–Kier alpha value is -3.74. The highest BCUT2D eigenvalue weighted by molar-refractivity contribution is 5.90. The number of benzene rings is 3. The Morgan fingerprint density at radius 3 is 1.62 bits per heavy atom. The summed E-state index contributed by atoms with van der Waals surface area (Å²) in [6, 6.07) is 24.5. The summed E-state index contributed by atoms with van der Waals surface area (Å²) in [6.45, 7) is 0. The fourth-order valence-electron chi connectivity index (χ4n) is 8.47. The Labute approximate surface area is 246 Å². The summed E-state index contributed by atoms with van der Waals surface area (Å²) in [5, 5.41) is 10.1. The molecule has 4 heterocycles. The lowest BCUT2D eigenvalue weighted by atomic mass is 9.98. The zero-order valence-corrected chi connectivity index (χ0v) is 23.9. The minimum atomic E-state index is 0.364. The topological polar surface area (TPSA) is 81.4 Å². The molecular weight excluding hydrogens is 516 g/mol. The lowest BCUT2D eigenvalue weighted by Crippen LogP contribution is -2.24. The first-order chi connectivity index (χ1) is 20.7. The van der Waals surface area contributed by atoms with Gasteiger partial charge in [0.1, 0.15) is 11.6 Å². The lowest BCUT2D eigenvalue weighted by Gasteiger charge is -2.10. The summed E-state index contributed by atoms with van der Waals surface area (Å²) >= 11 is 0. The van der Waals surface area contributed by atoms with Gasteiger partial charge in [-0.3, -0.25) is 0 Å². The predicted octanol–water partition coefficient (Wildman–Crippen LogP) is 7.69. The quantitative estimate of drug-likeness (QED) is 0.180. The lowest BCUT2D eigenvalue weighted by molar-refractivity contribution is 0.516. The van der Waals surface area contributed by atoms with Gasteiger partial charge in [0, 0.05) is 17.6 Å². The van der Waals surface area contributed by atoms with Crippen LogP contribution >= 0.6 is 0 Å². The van der Waals surface area contributed by atoms with Gasteiger partial charge in [-0.25, -0.2) is 9.97 Å². The Balaban J connectivity index is 0.907. The van der Waals surface area contributed by atoms with Gasteiger partial charge in [0.25, 0.3) is 0 Å². The average molecular weight is 555 g/mol. The van der Waals surface area contributed by atoms with Gasteiger partial charge in [-0.2, -0.15) is 0 Å². The first-order valence-corrected chi connectivity index (χ1v) is 16.0. The number of aromatic nitrogens is 4. The molecule has 3 aromatic carbocycles. The molecule has 2 aliphatic heterocycles. The van der Waals surface area contributed by atoms with Crippen molar-refractivity contribution in [3.8, 4) is 33.6 Å². The fraction of sp³-hybridized carbons (Fsp3) is 0.389. The molecule has 2 saturated heterocycles. The Morgan fingerprint density at radius 2 is 1.02 bits per heavy atom. The summed E-state index contributed by atoms with van der Waals surface area (Å²) in [5.74, 6) is 3.82. The molecule has 6 atom stereocenters. The molecule has 6 heteroatoms. The highest BCUT2D eigenvalue weighted by Gasteiger charge is 2.39. The van der Waals surface area contributed by atoms with Gasteiger partial charge in [0.2, 0.25) is 0 Å². The van der Waals surface area contributed by atoms with Gasteiger partial charge in [0.05, 0.1) is 35.9 Å². The molecule has 0 unspecified atom stereocenters. The average Bonchev–Trinajstić information content (AvgIpc) is 3.84. The second-order valence-electron chi connectivity index (χ2n) is 13.2. The van der Waals surface area contributed by atoms with Crippen molar-refractivity contribution in [3.63, 3.8) is 0 Å². The number of aromatic amines is 2. The molecule has 6 nitrogen and oxygen atoms in total. The standard InChI is InChI=1S/C36H38N6/c1-3-26-17-31(39-29(26)5-1)35-37-19-33(41-35)22-9-7-21(8-10-22)23-11-12-25-16-28(14-13-24(25)15-23)34-20-38-36(42-34)32-18-27-4-2-6-30(27)40-32/h7-16,19-20,26-27,29-32,39-40H,1-6,17-18H2,(H,37,41)(H,38,42)/t26-,27-,29-,30-,31-,32-/m0/s1. The molecular formula is C36H38N6. The van der Waals surface area contributed by atoms with E-state index in [9.17, 15) is 0 Å². The highest BCUT2D eigenvalue weighted by atomic mass is 15.1. The maximum atomic E-state index is 4.77. The third kappa shape index (κ3) is 4.31. The third-order valence-electron chi connectivity index (χ3n) is 10.8. The van der Waals surface area contributed by atoms with Gasteiger partial charge in [-0.15, -0.1) is 0 Å². The number of nitrogens with zero attached hydrogens (tertiary/aromatic N) is 2. The summed E-state index contributed by atoms with van der Waals surface area (Å²) in [7, 11) is 0. The van der Waals surface area contributed by atoms with Crippen LogP contribution in [-0.2, 0) is 0 Å². The monoisotopic (exact) mass is 554 g/mol. The molecule has 4 aliphatic rings. The predicted molar refractivity (Wildman–Crippen MR) is 168 cm³/mol. The summed E-state index contributed by atoms with van der Waals surface area (Å²) in [6.07, 6.45) is 14.5. The van der Waals surface area contributed by atoms with E-state index >= 15 is 0 Å². The van der Waals surface area contributed by atoms with Crippen molar-refractivity contribution in [2.24, 2.45) is 11.8 Å². The number of hydrogen-bond acceptors (Lipinski definition) is 4. The van der Waals surface area contributed by atoms with E-state index in [2.05, 4.69) is 81.3 Å². The number of hydrogen-bond donors (Lipinski definition) is 4. The molecule has 0 spiro atoms. The van der Waals surface area contributed by atoms with Crippen LogP contribution in [0.1, 0.15) is 75.1 Å². The van der Waals surface area contributed by atoms with E-state index in [0.29, 0.717) is 24.2 Å². The number of nitrogens with one attached hydrogen (secondary N) is 4.